The molecule has 150 valence electrons. The van der Waals surface area contributed by atoms with Gasteiger partial charge < -0.3 is 15.2 Å². The van der Waals surface area contributed by atoms with Gasteiger partial charge in [0.25, 0.3) is 0 Å². The van der Waals surface area contributed by atoms with Crippen LogP contribution in [-0.2, 0) is 16.1 Å². The number of anilines is 1. The van der Waals surface area contributed by atoms with E-state index in [1.165, 1.54) is 7.11 Å². The smallest absolute Gasteiger partial charge is 0.339 e. The van der Waals surface area contributed by atoms with E-state index in [0.29, 0.717) is 17.8 Å². The number of esters is 1. The predicted octanol–water partition coefficient (Wildman–Crippen LogP) is 2.93. The van der Waals surface area contributed by atoms with Crippen molar-refractivity contribution in [2.24, 2.45) is 5.92 Å². The highest BCUT2D eigenvalue weighted by Crippen LogP contribution is 2.18. The Balaban J connectivity index is 2.17. The maximum Gasteiger partial charge on any atom is 0.339 e. The van der Waals surface area contributed by atoms with Crippen LogP contribution >= 0.6 is 0 Å². The first-order valence-electron chi connectivity index (χ1n) is 9.32. The van der Waals surface area contributed by atoms with Gasteiger partial charge in [0, 0.05) is 12.6 Å². The number of methoxy groups -OCH3 is 1. The molecule has 0 saturated carbocycles. The molecule has 2 rings (SSSR count). The lowest BCUT2D eigenvalue weighted by Crippen LogP contribution is -2.45. The van der Waals surface area contributed by atoms with Gasteiger partial charge >= 0.3 is 5.97 Å². The first-order valence-corrected chi connectivity index (χ1v) is 9.32. The van der Waals surface area contributed by atoms with Crippen LogP contribution in [0.25, 0.3) is 0 Å². The van der Waals surface area contributed by atoms with E-state index in [2.05, 4.69) is 5.32 Å². The minimum atomic E-state index is -0.507. The summed E-state index contributed by atoms with van der Waals surface area (Å²) in [5.41, 5.74) is 1.77. The molecule has 2 N–H and O–H groups in total. The van der Waals surface area contributed by atoms with Gasteiger partial charge in [-0.2, -0.15) is 0 Å². The monoisotopic (exact) mass is 384 g/mol. The molecule has 0 aliphatic rings. The van der Waals surface area contributed by atoms with Crippen molar-refractivity contribution in [2.75, 3.05) is 25.6 Å². The Bertz CT molecular complexity index is 777. The Hall–Kier alpha value is -2.70. The second kappa shape index (κ2) is 10.6. The molecule has 0 aliphatic heterocycles. The summed E-state index contributed by atoms with van der Waals surface area (Å²) in [6.07, 6.45) is 0. The Morgan fingerprint density at radius 1 is 1.07 bits per heavy atom. The average molecular weight is 384 g/mol. The molecule has 28 heavy (non-hydrogen) atoms. The van der Waals surface area contributed by atoms with Crippen LogP contribution in [0.2, 0.25) is 0 Å². The SMILES string of the molecule is COC(=O)c1ccccc1NC(=O)CN(Cc1ccccc1)C(CO)C(C)C. The first kappa shape index (κ1) is 21.6. The summed E-state index contributed by atoms with van der Waals surface area (Å²) in [5, 5.41) is 12.7. The molecule has 0 saturated heterocycles. The van der Waals surface area contributed by atoms with Crippen LogP contribution < -0.4 is 5.32 Å². The van der Waals surface area contributed by atoms with E-state index >= 15 is 0 Å². The number of carbonyl (C=O) groups excluding carboxylic acids is 2. The first-order chi connectivity index (χ1) is 13.5. The number of benzene rings is 2. The van der Waals surface area contributed by atoms with E-state index in [9.17, 15) is 14.7 Å². The zero-order valence-corrected chi connectivity index (χ0v) is 16.6. The summed E-state index contributed by atoms with van der Waals surface area (Å²) in [6.45, 7) is 4.62. The number of hydrogen-bond acceptors (Lipinski definition) is 5. The second-order valence-corrected chi connectivity index (χ2v) is 6.97. The number of nitrogens with zero attached hydrogens (tertiary/aromatic N) is 1. The summed E-state index contributed by atoms with van der Waals surface area (Å²) in [4.78, 5) is 26.6. The zero-order chi connectivity index (χ0) is 20.5. The Morgan fingerprint density at radius 3 is 2.32 bits per heavy atom. The third kappa shape index (κ3) is 5.90. The fourth-order valence-electron chi connectivity index (χ4n) is 3.11. The van der Waals surface area contributed by atoms with Gasteiger partial charge in [-0.1, -0.05) is 56.3 Å². The number of rotatable bonds is 9. The maximum atomic E-state index is 12.7. The van der Waals surface area contributed by atoms with Crippen molar-refractivity contribution in [3.8, 4) is 0 Å². The van der Waals surface area contributed by atoms with Crippen molar-refractivity contribution in [3.05, 3.63) is 65.7 Å². The van der Waals surface area contributed by atoms with E-state index in [0.717, 1.165) is 5.56 Å². The number of ether oxygens (including phenoxy) is 1. The van der Waals surface area contributed by atoms with Crippen molar-refractivity contribution in [2.45, 2.75) is 26.4 Å². The highest BCUT2D eigenvalue weighted by atomic mass is 16.5. The van der Waals surface area contributed by atoms with Gasteiger partial charge in [0.15, 0.2) is 0 Å². The number of aliphatic hydroxyl groups excluding tert-OH is 1. The number of nitrogens with one attached hydrogen (secondary N) is 1. The largest absolute Gasteiger partial charge is 0.465 e. The Labute approximate surface area is 166 Å². The molecule has 0 aromatic heterocycles. The lowest BCUT2D eigenvalue weighted by atomic mass is 10.0. The topological polar surface area (TPSA) is 78.9 Å². The summed E-state index contributed by atoms with van der Waals surface area (Å²) in [7, 11) is 1.30. The highest BCUT2D eigenvalue weighted by Gasteiger charge is 2.24. The number of hydrogen-bond donors (Lipinski definition) is 2. The number of carbonyl (C=O) groups is 2. The molecule has 2 aromatic carbocycles. The molecule has 0 aliphatic carbocycles. The van der Waals surface area contributed by atoms with E-state index in [-0.39, 0.29) is 31.0 Å². The molecule has 6 nitrogen and oxygen atoms in total. The van der Waals surface area contributed by atoms with Crippen molar-refractivity contribution < 1.29 is 19.4 Å². The van der Waals surface area contributed by atoms with Crippen LogP contribution in [0.1, 0.15) is 29.8 Å². The summed E-state index contributed by atoms with van der Waals surface area (Å²) >= 11 is 0. The molecular weight excluding hydrogens is 356 g/mol. The van der Waals surface area contributed by atoms with Gasteiger partial charge in [-0.3, -0.25) is 9.69 Å². The van der Waals surface area contributed by atoms with Crippen molar-refractivity contribution in [1.82, 2.24) is 4.90 Å². The van der Waals surface area contributed by atoms with Crippen LogP contribution in [0.5, 0.6) is 0 Å². The van der Waals surface area contributed by atoms with Gasteiger partial charge in [-0.15, -0.1) is 0 Å². The van der Waals surface area contributed by atoms with Crippen LogP contribution in [0.4, 0.5) is 5.69 Å². The van der Waals surface area contributed by atoms with Crippen molar-refractivity contribution in [3.63, 3.8) is 0 Å². The molecule has 1 atom stereocenters. The molecule has 1 unspecified atom stereocenters. The second-order valence-electron chi connectivity index (χ2n) is 6.97. The van der Waals surface area contributed by atoms with Gasteiger partial charge in [0.2, 0.25) is 5.91 Å². The van der Waals surface area contributed by atoms with Crippen LogP contribution in [0.15, 0.2) is 54.6 Å². The van der Waals surface area contributed by atoms with E-state index < -0.39 is 5.97 Å². The number of para-hydroxylation sites is 1. The van der Waals surface area contributed by atoms with Crippen molar-refractivity contribution >= 4 is 17.6 Å². The number of amides is 1. The molecule has 2 aromatic rings. The third-order valence-electron chi connectivity index (χ3n) is 4.61. The molecule has 0 spiro atoms. The van der Waals surface area contributed by atoms with E-state index in [4.69, 9.17) is 4.74 Å². The average Bonchev–Trinajstić information content (AvgIpc) is 2.68. The fraction of sp³-hybridized carbons (Fsp3) is 0.364. The molecule has 0 bridgehead atoms. The van der Waals surface area contributed by atoms with E-state index in [1.807, 2.05) is 49.1 Å². The summed E-state index contributed by atoms with van der Waals surface area (Å²) in [5.74, 6) is -0.595. The van der Waals surface area contributed by atoms with Crippen molar-refractivity contribution in [1.29, 1.82) is 0 Å². The lowest BCUT2D eigenvalue weighted by molar-refractivity contribution is -0.118. The predicted molar refractivity (Wildman–Crippen MR) is 109 cm³/mol. The van der Waals surface area contributed by atoms with Gasteiger partial charge in [0.05, 0.1) is 31.5 Å². The maximum absolute atomic E-state index is 12.7. The fourth-order valence-corrected chi connectivity index (χ4v) is 3.11. The highest BCUT2D eigenvalue weighted by molar-refractivity contribution is 6.01. The van der Waals surface area contributed by atoms with Crippen LogP contribution in [-0.4, -0.2) is 48.2 Å². The Morgan fingerprint density at radius 2 is 1.71 bits per heavy atom. The Kier molecular flexibility index (Phi) is 8.17. The minimum absolute atomic E-state index is 0.0451. The summed E-state index contributed by atoms with van der Waals surface area (Å²) in [6, 6.07) is 16.4. The molecular formula is C22H28N2O4. The quantitative estimate of drug-likeness (QED) is 0.650. The number of aliphatic hydroxyl groups is 1. The molecule has 0 heterocycles. The molecule has 0 radical (unpaired) electrons. The minimum Gasteiger partial charge on any atom is -0.465 e. The standard InChI is InChI=1S/C22H28N2O4/c1-16(2)20(15-25)24(13-17-9-5-4-6-10-17)14-21(26)23-19-12-8-7-11-18(19)22(27)28-3/h4-12,16,20,25H,13-15H2,1-3H3,(H,23,26). The van der Waals surface area contributed by atoms with Gasteiger partial charge in [-0.25, -0.2) is 4.79 Å². The van der Waals surface area contributed by atoms with Crippen LogP contribution in [0.3, 0.4) is 0 Å². The molecule has 6 heteroatoms. The summed E-state index contributed by atoms with van der Waals surface area (Å²) < 4.78 is 4.77. The molecule has 0 fully saturated rings. The van der Waals surface area contributed by atoms with Crippen LogP contribution in [0, 0.1) is 5.92 Å². The van der Waals surface area contributed by atoms with Gasteiger partial charge in [0.1, 0.15) is 0 Å². The third-order valence-corrected chi connectivity index (χ3v) is 4.61. The molecule has 1 amide bonds. The van der Waals surface area contributed by atoms with E-state index in [1.54, 1.807) is 24.3 Å². The van der Waals surface area contributed by atoms with Gasteiger partial charge in [-0.05, 0) is 23.6 Å². The lowest BCUT2D eigenvalue weighted by Gasteiger charge is -2.32. The normalized spacial score (nSPS) is 12.1. The zero-order valence-electron chi connectivity index (χ0n) is 16.6.